The molecular formula is C18H21NO2. The fourth-order valence-electron chi connectivity index (χ4n) is 3.41. The average Bonchev–Trinajstić information content (AvgIpc) is 2.56. The van der Waals surface area contributed by atoms with Crippen LogP contribution in [0.25, 0.3) is 0 Å². The number of pyridine rings is 1. The molecule has 1 aromatic carbocycles. The third-order valence-corrected chi connectivity index (χ3v) is 4.58. The van der Waals surface area contributed by atoms with E-state index in [0.29, 0.717) is 24.1 Å². The zero-order chi connectivity index (χ0) is 14.8. The van der Waals surface area contributed by atoms with Crippen molar-refractivity contribution < 1.29 is 10.2 Å². The Kier molecular flexibility index (Phi) is 3.79. The fraction of sp³-hybridized carbons (Fsp3) is 0.389. The molecule has 110 valence electrons. The Balaban J connectivity index is 2.15. The summed E-state index contributed by atoms with van der Waals surface area (Å²) in [6.07, 6.45) is 5.81. The maximum absolute atomic E-state index is 11.5. The summed E-state index contributed by atoms with van der Waals surface area (Å²) in [5.41, 5.74) is -1.41. The molecule has 1 saturated carbocycles. The number of nitrogens with zero attached hydrogens (tertiary/aromatic N) is 1. The first-order chi connectivity index (χ1) is 10.2. The third kappa shape index (κ3) is 2.37. The SMILES string of the molecule is OC1([C@@](O)(c2ccccc2)c2ccccn2)CCCCC1. The molecule has 1 heterocycles. The van der Waals surface area contributed by atoms with Crippen LogP contribution in [-0.2, 0) is 5.60 Å². The Morgan fingerprint density at radius 3 is 2.19 bits per heavy atom. The van der Waals surface area contributed by atoms with Crippen molar-refractivity contribution in [2.24, 2.45) is 0 Å². The van der Waals surface area contributed by atoms with Gasteiger partial charge in [-0.2, -0.15) is 0 Å². The Labute approximate surface area is 125 Å². The van der Waals surface area contributed by atoms with Crippen LogP contribution in [0.2, 0.25) is 0 Å². The molecule has 0 unspecified atom stereocenters. The molecule has 3 nitrogen and oxygen atoms in total. The molecule has 0 amide bonds. The number of aromatic nitrogens is 1. The van der Waals surface area contributed by atoms with Gasteiger partial charge in [0.1, 0.15) is 5.60 Å². The van der Waals surface area contributed by atoms with Crippen LogP contribution in [0.1, 0.15) is 43.4 Å². The molecular weight excluding hydrogens is 262 g/mol. The summed E-state index contributed by atoms with van der Waals surface area (Å²) >= 11 is 0. The topological polar surface area (TPSA) is 53.4 Å². The van der Waals surface area contributed by atoms with Crippen LogP contribution in [0.3, 0.4) is 0 Å². The normalized spacial score (nSPS) is 20.7. The Morgan fingerprint density at radius 2 is 1.57 bits per heavy atom. The van der Waals surface area contributed by atoms with Gasteiger partial charge >= 0.3 is 0 Å². The van der Waals surface area contributed by atoms with Gasteiger partial charge in [0.05, 0.1) is 5.69 Å². The minimum Gasteiger partial charge on any atom is -0.386 e. The van der Waals surface area contributed by atoms with Crippen molar-refractivity contribution in [3.63, 3.8) is 0 Å². The lowest BCUT2D eigenvalue weighted by Crippen LogP contribution is -2.54. The smallest absolute Gasteiger partial charge is 0.160 e. The Morgan fingerprint density at radius 1 is 0.905 bits per heavy atom. The Bertz CT molecular complexity index is 537. The molecule has 2 aromatic rings. The van der Waals surface area contributed by atoms with Crippen LogP contribution in [0.15, 0.2) is 54.7 Å². The van der Waals surface area contributed by atoms with Gasteiger partial charge in [0.2, 0.25) is 0 Å². The summed E-state index contributed by atoms with van der Waals surface area (Å²) in [7, 11) is 0. The van der Waals surface area contributed by atoms with Crippen LogP contribution in [-0.4, -0.2) is 20.8 Å². The fourth-order valence-corrected chi connectivity index (χ4v) is 3.41. The van der Waals surface area contributed by atoms with Crippen molar-refractivity contribution in [1.82, 2.24) is 4.98 Å². The largest absolute Gasteiger partial charge is 0.386 e. The van der Waals surface area contributed by atoms with Gasteiger partial charge in [-0.15, -0.1) is 0 Å². The lowest BCUT2D eigenvalue weighted by atomic mass is 9.68. The van der Waals surface area contributed by atoms with Gasteiger partial charge < -0.3 is 10.2 Å². The van der Waals surface area contributed by atoms with E-state index in [1.807, 2.05) is 42.5 Å². The second kappa shape index (κ2) is 5.58. The molecule has 21 heavy (non-hydrogen) atoms. The Hall–Kier alpha value is -1.71. The molecule has 0 spiro atoms. The van der Waals surface area contributed by atoms with E-state index < -0.39 is 11.2 Å². The number of rotatable bonds is 3. The summed E-state index contributed by atoms with van der Waals surface area (Å²) < 4.78 is 0. The summed E-state index contributed by atoms with van der Waals surface area (Å²) in [6, 6.07) is 14.9. The second-order valence-corrected chi connectivity index (χ2v) is 5.88. The first-order valence-electron chi connectivity index (χ1n) is 7.59. The molecule has 1 aliphatic rings. The maximum atomic E-state index is 11.5. The lowest BCUT2D eigenvalue weighted by Gasteiger charge is -2.45. The van der Waals surface area contributed by atoms with Crippen molar-refractivity contribution in [1.29, 1.82) is 0 Å². The van der Waals surface area contributed by atoms with Gasteiger partial charge in [-0.05, 0) is 30.5 Å². The minimum absolute atomic E-state index is 0.514. The van der Waals surface area contributed by atoms with E-state index in [0.717, 1.165) is 19.3 Å². The third-order valence-electron chi connectivity index (χ3n) is 4.58. The summed E-state index contributed by atoms with van der Waals surface area (Å²) in [5, 5.41) is 22.7. The molecule has 0 bridgehead atoms. The molecule has 0 aliphatic heterocycles. The van der Waals surface area contributed by atoms with E-state index in [4.69, 9.17) is 0 Å². The molecule has 0 saturated heterocycles. The van der Waals surface area contributed by atoms with E-state index in [-0.39, 0.29) is 0 Å². The molecule has 3 heteroatoms. The molecule has 3 rings (SSSR count). The van der Waals surface area contributed by atoms with Gasteiger partial charge in [-0.1, -0.05) is 55.7 Å². The van der Waals surface area contributed by atoms with Crippen molar-refractivity contribution in [3.05, 3.63) is 66.0 Å². The van der Waals surface area contributed by atoms with Crippen molar-refractivity contribution >= 4 is 0 Å². The molecule has 1 aromatic heterocycles. The monoisotopic (exact) mass is 283 g/mol. The van der Waals surface area contributed by atoms with Gasteiger partial charge in [0.25, 0.3) is 0 Å². The highest BCUT2D eigenvalue weighted by Crippen LogP contribution is 2.46. The highest BCUT2D eigenvalue weighted by Gasteiger charge is 2.52. The predicted molar refractivity (Wildman–Crippen MR) is 81.7 cm³/mol. The number of hydrogen-bond acceptors (Lipinski definition) is 3. The quantitative estimate of drug-likeness (QED) is 0.910. The van der Waals surface area contributed by atoms with Crippen LogP contribution < -0.4 is 0 Å². The first-order valence-corrected chi connectivity index (χ1v) is 7.59. The van der Waals surface area contributed by atoms with Crippen molar-refractivity contribution in [2.45, 2.75) is 43.3 Å². The second-order valence-electron chi connectivity index (χ2n) is 5.88. The number of aliphatic hydroxyl groups is 2. The van der Waals surface area contributed by atoms with Crippen molar-refractivity contribution in [2.75, 3.05) is 0 Å². The van der Waals surface area contributed by atoms with Crippen LogP contribution in [0.5, 0.6) is 0 Å². The average molecular weight is 283 g/mol. The van der Waals surface area contributed by atoms with E-state index in [2.05, 4.69) is 4.98 Å². The zero-order valence-electron chi connectivity index (χ0n) is 12.1. The van der Waals surface area contributed by atoms with Crippen LogP contribution in [0.4, 0.5) is 0 Å². The number of hydrogen-bond donors (Lipinski definition) is 2. The molecule has 1 aliphatic carbocycles. The summed E-state index contributed by atoms with van der Waals surface area (Å²) in [6.45, 7) is 0. The van der Waals surface area contributed by atoms with Gasteiger partial charge in [-0.25, -0.2) is 0 Å². The number of benzene rings is 1. The highest BCUT2D eigenvalue weighted by atomic mass is 16.4. The zero-order valence-corrected chi connectivity index (χ0v) is 12.1. The highest BCUT2D eigenvalue weighted by molar-refractivity contribution is 5.36. The molecule has 1 fully saturated rings. The van der Waals surface area contributed by atoms with Crippen molar-refractivity contribution in [3.8, 4) is 0 Å². The van der Waals surface area contributed by atoms with Gasteiger partial charge in [0, 0.05) is 6.20 Å². The van der Waals surface area contributed by atoms with E-state index in [1.54, 1.807) is 12.3 Å². The van der Waals surface area contributed by atoms with Gasteiger partial charge in [-0.3, -0.25) is 4.98 Å². The standard InChI is InChI=1S/C18H21NO2/c20-17(12-6-2-7-13-17)18(21,15-9-3-1-4-10-15)16-11-5-8-14-19-16/h1,3-5,8-11,14,20-21H,2,6-7,12-13H2/t18-/m1/s1. The first kappa shape index (κ1) is 14.2. The molecule has 2 N–H and O–H groups in total. The molecule has 1 atom stereocenters. The van der Waals surface area contributed by atoms with Gasteiger partial charge in [0.15, 0.2) is 5.60 Å². The molecule has 0 radical (unpaired) electrons. The summed E-state index contributed by atoms with van der Waals surface area (Å²) in [5.74, 6) is 0. The summed E-state index contributed by atoms with van der Waals surface area (Å²) in [4.78, 5) is 4.34. The predicted octanol–water partition coefficient (Wildman–Crippen LogP) is 3.01. The minimum atomic E-state index is -1.46. The van der Waals surface area contributed by atoms with E-state index >= 15 is 0 Å². The van der Waals surface area contributed by atoms with E-state index in [9.17, 15) is 10.2 Å². The van der Waals surface area contributed by atoms with Crippen LogP contribution in [0, 0.1) is 0 Å². The lowest BCUT2D eigenvalue weighted by molar-refractivity contribution is -0.153. The van der Waals surface area contributed by atoms with Crippen LogP contribution >= 0.6 is 0 Å². The maximum Gasteiger partial charge on any atom is 0.160 e. The van der Waals surface area contributed by atoms with E-state index in [1.165, 1.54) is 0 Å².